The third-order valence-electron chi connectivity index (χ3n) is 4.77. The van der Waals surface area contributed by atoms with Crippen LogP contribution in [0, 0.1) is 6.92 Å². The topological polar surface area (TPSA) is 72.1 Å². The lowest BCUT2D eigenvalue weighted by Crippen LogP contribution is -2.19. The van der Waals surface area contributed by atoms with Crippen LogP contribution in [0.15, 0.2) is 59.3 Å². The van der Waals surface area contributed by atoms with E-state index in [4.69, 9.17) is 4.42 Å². The molecular weight excluding hydrogens is 351 g/mol. The van der Waals surface area contributed by atoms with E-state index in [2.05, 4.69) is 22.6 Å². The van der Waals surface area contributed by atoms with Gasteiger partial charge >= 0.3 is 6.03 Å². The van der Waals surface area contributed by atoms with Gasteiger partial charge in [0.1, 0.15) is 5.58 Å². The number of amides is 2. The lowest BCUT2D eigenvalue weighted by Gasteiger charge is -2.11. The number of nitrogens with one attached hydrogen (secondary N) is 2. The standard InChI is InChI=1S/C21H21BN4O2/c1-13-4-6-15(7-5-13)24-21(27)25-16-10-14-8-9-28-20(14)17(11-16)19-18(22-2)12-23-26(19)3/h4-12,22H,1-3H3,(H2,24,25,27). The number of fused-ring (bicyclic) bond motifs is 1. The summed E-state index contributed by atoms with van der Waals surface area (Å²) < 4.78 is 7.56. The van der Waals surface area contributed by atoms with Crippen LogP contribution in [0.5, 0.6) is 0 Å². The van der Waals surface area contributed by atoms with Crippen LogP contribution in [0.2, 0.25) is 6.82 Å². The molecule has 4 rings (SSSR count). The summed E-state index contributed by atoms with van der Waals surface area (Å²) in [6.45, 7) is 4.10. The first-order valence-electron chi connectivity index (χ1n) is 9.22. The number of furan rings is 1. The highest BCUT2D eigenvalue weighted by molar-refractivity contribution is 6.54. The number of aromatic nitrogens is 2. The Bertz CT molecular complexity index is 1150. The van der Waals surface area contributed by atoms with Gasteiger partial charge in [0.15, 0.2) is 7.28 Å². The second-order valence-electron chi connectivity index (χ2n) is 6.80. The predicted molar refractivity (Wildman–Crippen MR) is 115 cm³/mol. The van der Waals surface area contributed by atoms with Crippen LogP contribution in [0.4, 0.5) is 16.2 Å². The minimum absolute atomic E-state index is 0.293. The van der Waals surface area contributed by atoms with Crippen molar-refractivity contribution in [2.24, 2.45) is 7.05 Å². The molecule has 0 aliphatic carbocycles. The molecular formula is C21H21BN4O2. The first-order chi connectivity index (χ1) is 13.5. The molecule has 2 aromatic carbocycles. The molecule has 28 heavy (non-hydrogen) atoms. The Labute approximate surface area is 163 Å². The summed E-state index contributed by atoms with van der Waals surface area (Å²) in [6.07, 6.45) is 3.53. The van der Waals surface area contributed by atoms with Crippen molar-refractivity contribution < 1.29 is 9.21 Å². The van der Waals surface area contributed by atoms with Gasteiger partial charge in [0, 0.05) is 35.6 Å². The first kappa shape index (κ1) is 17.9. The van der Waals surface area contributed by atoms with Crippen LogP contribution in [0.1, 0.15) is 5.56 Å². The highest BCUT2D eigenvalue weighted by Crippen LogP contribution is 2.32. The molecule has 2 amide bonds. The van der Waals surface area contributed by atoms with Gasteiger partial charge in [-0.25, -0.2) is 4.79 Å². The molecule has 0 aliphatic rings. The van der Waals surface area contributed by atoms with Crippen LogP contribution in [-0.4, -0.2) is 23.1 Å². The van der Waals surface area contributed by atoms with Crippen molar-refractivity contribution in [2.75, 3.05) is 10.6 Å². The summed E-state index contributed by atoms with van der Waals surface area (Å²) in [5, 5.41) is 11.1. The largest absolute Gasteiger partial charge is 0.464 e. The summed E-state index contributed by atoms with van der Waals surface area (Å²) in [4.78, 5) is 12.5. The molecule has 140 valence electrons. The number of anilines is 2. The van der Waals surface area contributed by atoms with Crippen molar-refractivity contribution in [3.8, 4) is 11.3 Å². The highest BCUT2D eigenvalue weighted by Gasteiger charge is 2.17. The van der Waals surface area contributed by atoms with Gasteiger partial charge in [-0.15, -0.1) is 0 Å². The molecule has 2 heterocycles. The number of hydrogen-bond donors (Lipinski definition) is 2. The average Bonchev–Trinajstić information content (AvgIpc) is 3.29. The van der Waals surface area contributed by atoms with Gasteiger partial charge in [0.05, 0.1) is 12.0 Å². The normalized spacial score (nSPS) is 10.8. The molecule has 0 atom stereocenters. The van der Waals surface area contributed by atoms with Crippen LogP contribution >= 0.6 is 0 Å². The molecule has 0 radical (unpaired) electrons. The molecule has 0 aliphatic heterocycles. The first-order valence-corrected chi connectivity index (χ1v) is 9.22. The van der Waals surface area contributed by atoms with Gasteiger partial charge in [-0.2, -0.15) is 5.10 Å². The maximum absolute atomic E-state index is 12.5. The Kier molecular flexibility index (Phi) is 4.65. The second-order valence-corrected chi connectivity index (χ2v) is 6.80. The number of nitrogens with zero attached hydrogens (tertiary/aromatic N) is 2. The zero-order chi connectivity index (χ0) is 19.7. The Balaban J connectivity index is 1.67. The molecule has 0 bridgehead atoms. The highest BCUT2D eigenvalue weighted by atomic mass is 16.3. The van der Waals surface area contributed by atoms with Crippen LogP contribution < -0.4 is 16.1 Å². The monoisotopic (exact) mass is 372 g/mol. The molecule has 2 aromatic heterocycles. The fraction of sp³-hybridized carbons (Fsp3) is 0.143. The van der Waals surface area contributed by atoms with Gasteiger partial charge < -0.3 is 15.1 Å². The van der Waals surface area contributed by atoms with Crippen LogP contribution in [-0.2, 0) is 7.05 Å². The van der Waals surface area contributed by atoms with E-state index in [1.807, 2.05) is 67.3 Å². The van der Waals surface area contributed by atoms with Crippen molar-refractivity contribution >= 4 is 41.1 Å². The molecule has 6 nitrogen and oxygen atoms in total. The van der Waals surface area contributed by atoms with E-state index < -0.39 is 0 Å². The van der Waals surface area contributed by atoms with Crippen molar-refractivity contribution in [3.05, 3.63) is 60.5 Å². The molecule has 2 N–H and O–H groups in total. The minimum atomic E-state index is -0.293. The summed E-state index contributed by atoms with van der Waals surface area (Å²) in [7, 11) is 2.77. The van der Waals surface area contributed by atoms with E-state index in [1.54, 1.807) is 6.26 Å². The average molecular weight is 372 g/mol. The Morgan fingerprint density at radius 1 is 1.11 bits per heavy atom. The van der Waals surface area contributed by atoms with Gasteiger partial charge in [-0.1, -0.05) is 24.5 Å². The SMILES string of the molecule is CBc1cnn(C)c1-c1cc(NC(=O)Nc2ccc(C)cc2)cc2ccoc12. The smallest absolute Gasteiger partial charge is 0.323 e. The fourth-order valence-electron chi connectivity index (χ4n) is 3.35. The minimum Gasteiger partial charge on any atom is -0.464 e. The van der Waals surface area contributed by atoms with E-state index >= 15 is 0 Å². The fourth-order valence-corrected chi connectivity index (χ4v) is 3.35. The number of rotatable bonds is 4. The Morgan fingerprint density at radius 2 is 1.86 bits per heavy atom. The van der Waals surface area contributed by atoms with Crippen molar-refractivity contribution in [1.29, 1.82) is 0 Å². The van der Waals surface area contributed by atoms with Crippen LogP contribution in [0.3, 0.4) is 0 Å². The molecule has 7 heteroatoms. The number of aryl methyl sites for hydroxylation is 2. The van der Waals surface area contributed by atoms with Crippen LogP contribution in [0.25, 0.3) is 22.2 Å². The van der Waals surface area contributed by atoms with E-state index in [-0.39, 0.29) is 6.03 Å². The van der Waals surface area contributed by atoms with Gasteiger partial charge in [-0.3, -0.25) is 4.68 Å². The maximum atomic E-state index is 12.5. The van der Waals surface area contributed by atoms with Crippen molar-refractivity contribution in [3.63, 3.8) is 0 Å². The number of benzene rings is 2. The summed E-state index contributed by atoms with van der Waals surface area (Å²) >= 11 is 0. The zero-order valence-corrected chi connectivity index (χ0v) is 16.1. The number of carbonyl (C=O) groups is 1. The van der Waals surface area contributed by atoms with Crippen molar-refractivity contribution in [1.82, 2.24) is 9.78 Å². The molecule has 4 aromatic rings. The number of urea groups is 1. The van der Waals surface area contributed by atoms with E-state index in [9.17, 15) is 4.79 Å². The van der Waals surface area contributed by atoms with Crippen molar-refractivity contribution in [2.45, 2.75) is 13.7 Å². The Morgan fingerprint density at radius 3 is 2.61 bits per heavy atom. The van der Waals surface area contributed by atoms with Gasteiger partial charge in [0.25, 0.3) is 0 Å². The quantitative estimate of drug-likeness (QED) is 0.534. The lowest BCUT2D eigenvalue weighted by molar-refractivity contribution is 0.262. The third-order valence-corrected chi connectivity index (χ3v) is 4.77. The molecule has 0 saturated heterocycles. The zero-order valence-electron chi connectivity index (χ0n) is 16.1. The summed E-state index contributed by atoms with van der Waals surface area (Å²) in [6, 6.07) is 13.1. The molecule has 0 unspecified atom stereocenters. The summed E-state index contributed by atoms with van der Waals surface area (Å²) in [5.74, 6) is 0. The summed E-state index contributed by atoms with van der Waals surface area (Å²) in [5.41, 5.74) is 6.38. The van der Waals surface area contributed by atoms with Gasteiger partial charge in [-0.05, 0) is 42.7 Å². The van der Waals surface area contributed by atoms with E-state index in [0.29, 0.717) is 5.69 Å². The van der Waals surface area contributed by atoms with E-state index in [0.717, 1.165) is 46.2 Å². The predicted octanol–water partition coefficient (Wildman–Crippen LogP) is 3.90. The third kappa shape index (κ3) is 3.39. The lowest BCUT2D eigenvalue weighted by atomic mass is 9.72. The molecule has 0 saturated carbocycles. The molecule has 0 spiro atoms. The molecule has 0 fully saturated rings. The maximum Gasteiger partial charge on any atom is 0.323 e. The van der Waals surface area contributed by atoms with E-state index in [1.165, 1.54) is 0 Å². The Hall–Kier alpha value is -3.48. The number of hydrogen-bond acceptors (Lipinski definition) is 3. The second kappa shape index (κ2) is 7.27. The number of carbonyl (C=O) groups excluding carboxylic acids is 1. The van der Waals surface area contributed by atoms with Gasteiger partial charge in [0.2, 0.25) is 0 Å².